The fourth-order valence-electron chi connectivity index (χ4n) is 2.59. The summed E-state index contributed by atoms with van der Waals surface area (Å²) in [4.78, 5) is 16.5. The number of alkyl halides is 3. The number of benzene rings is 2. The number of para-hydroxylation sites is 2. The summed E-state index contributed by atoms with van der Waals surface area (Å²) in [5.74, 6) is -0.272. The van der Waals surface area contributed by atoms with Crippen molar-refractivity contribution in [2.45, 2.75) is 19.3 Å². The lowest BCUT2D eigenvalue weighted by atomic mass is 10.2. The minimum absolute atomic E-state index is 0.0262. The van der Waals surface area contributed by atoms with Gasteiger partial charge in [-0.05, 0) is 30.3 Å². The van der Waals surface area contributed by atoms with Crippen LogP contribution >= 0.6 is 11.6 Å². The zero-order valence-electron chi connectivity index (χ0n) is 13.2. The molecular formula is C17H13ClF3N3O2. The van der Waals surface area contributed by atoms with Crippen LogP contribution in [0.25, 0.3) is 11.0 Å². The van der Waals surface area contributed by atoms with E-state index in [4.69, 9.17) is 11.6 Å². The summed E-state index contributed by atoms with van der Waals surface area (Å²) in [7, 11) is 0. The van der Waals surface area contributed by atoms with Gasteiger partial charge >= 0.3 is 6.18 Å². The molecule has 3 rings (SSSR count). The van der Waals surface area contributed by atoms with Gasteiger partial charge in [0, 0.05) is 5.69 Å². The minimum Gasteiger partial charge on any atom is -0.388 e. The number of aliphatic hydroxyl groups is 1. The molecule has 1 aromatic heterocycles. The van der Waals surface area contributed by atoms with E-state index in [2.05, 4.69) is 10.3 Å². The van der Waals surface area contributed by atoms with E-state index in [-0.39, 0.29) is 24.7 Å². The van der Waals surface area contributed by atoms with Crippen LogP contribution < -0.4 is 5.32 Å². The molecule has 0 fully saturated rings. The van der Waals surface area contributed by atoms with Crippen molar-refractivity contribution in [3.8, 4) is 0 Å². The molecule has 0 aliphatic rings. The van der Waals surface area contributed by atoms with E-state index < -0.39 is 22.7 Å². The van der Waals surface area contributed by atoms with Gasteiger partial charge in [-0.3, -0.25) is 4.79 Å². The molecule has 2 aromatic carbocycles. The van der Waals surface area contributed by atoms with Gasteiger partial charge < -0.3 is 15.0 Å². The number of hydrogen-bond acceptors (Lipinski definition) is 3. The molecule has 0 aliphatic carbocycles. The number of fused-ring (bicyclic) bond motifs is 1. The van der Waals surface area contributed by atoms with Crippen LogP contribution in [-0.2, 0) is 24.1 Å². The van der Waals surface area contributed by atoms with E-state index in [9.17, 15) is 23.1 Å². The number of carbonyl (C=O) groups is 1. The van der Waals surface area contributed by atoms with Gasteiger partial charge in [-0.1, -0.05) is 23.7 Å². The van der Waals surface area contributed by atoms with Gasteiger partial charge in [0.05, 0.1) is 21.6 Å². The van der Waals surface area contributed by atoms with E-state index in [1.54, 1.807) is 24.3 Å². The van der Waals surface area contributed by atoms with Gasteiger partial charge in [0.2, 0.25) is 5.91 Å². The van der Waals surface area contributed by atoms with E-state index in [1.807, 2.05) is 0 Å². The number of hydrogen-bond donors (Lipinski definition) is 2. The average molecular weight is 384 g/mol. The molecule has 9 heteroatoms. The molecule has 0 spiro atoms. The van der Waals surface area contributed by atoms with E-state index in [1.165, 1.54) is 10.6 Å². The third-order valence-electron chi connectivity index (χ3n) is 3.73. The minimum atomic E-state index is -4.62. The highest BCUT2D eigenvalue weighted by Crippen LogP contribution is 2.36. The maximum atomic E-state index is 12.9. The molecule has 0 atom stereocenters. The van der Waals surface area contributed by atoms with Gasteiger partial charge in [0.15, 0.2) is 0 Å². The number of halogens is 4. The Hall–Kier alpha value is -2.58. The highest BCUT2D eigenvalue weighted by atomic mass is 35.5. The predicted octanol–water partition coefficient (Wildman–Crippen LogP) is 3.84. The fourth-order valence-corrected chi connectivity index (χ4v) is 2.81. The zero-order valence-corrected chi connectivity index (χ0v) is 14.0. The Morgan fingerprint density at radius 3 is 2.65 bits per heavy atom. The first-order chi connectivity index (χ1) is 12.3. The number of nitrogens with zero attached hydrogens (tertiary/aromatic N) is 2. The zero-order chi connectivity index (χ0) is 18.9. The van der Waals surface area contributed by atoms with Crippen molar-refractivity contribution in [2.24, 2.45) is 0 Å². The summed E-state index contributed by atoms with van der Waals surface area (Å²) in [6, 6.07) is 10.1. The molecule has 0 aliphatic heterocycles. The molecule has 1 amide bonds. The van der Waals surface area contributed by atoms with Gasteiger partial charge in [0.25, 0.3) is 0 Å². The second kappa shape index (κ2) is 6.97. The van der Waals surface area contributed by atoms with Gasteiger partial charge in [-0.2, -0.15) is 13.2 Å². The second-order valence-corrected chi connectivity index (χ2v) is 5.91. The Bertz CT molecular complexity index is 970. The van der Waals surface area contributed by atoms with Crippen LogP contribution in [-0.4, -0.2) is 20.6 Å². The van der Waals surface area contributed by atoms with Crippen molar-refractivity contribution in [3.05, 3.63) is 58.9 Å². The first-order valence-corrected chi connectivity index (χ1v) is 7.89. The molecule has 0 radical (unpaired) electrons. The number of imidazole rings is 1. The summed E-state index contributed by atoms with van der Waals surface area (Å²) in [5, 5.41) is 11.4. The molecule has 1 heterocycles. The van der Waals surface area contributed by atoms with Crippen LogP contribution in [0.1, 0.15) is 11.4 Å². The van der Waals surface area contributed by atoms with E-state index >= 15 is 0 Å². The number of carbonyl (C=O) groups excluding carboxylic acids is 1. The molecule has 26 heavy (non-hydrogen) atoms. The van der Waals surface area contributed by atoms with Crippen LogP contribution in [0.15, 0.2) is 42.5 Å². The SMILES string of the molecule is O=C(Cn1c(CO)nc2ccccc21)Nc1ccc(Cl)c(C(F)(F)F)c1. The topological polar surface area (TPSA) is 67.2 Å². The largest absolute Gasteiger partial charge is 0.417 e. The van der Waals surface area contributed by atoms with Crippen molar-refractivity contribution in [3.63, 3.8) is 0 Å². The highest BCUT2D eigenvalue weighted by Gasteiger charge is 2.33. The van der Waals surface area contributed by atoms with Gasteiger partial charge in [0.1, 0.15) is 19.0 Å². The number of anilines is 1. The number of nitrogens with one attached hydrogen (secondary N) is 1. The summed E-state index contributed by atoms with van der Waals surface area (Å²) >= 11 is 5.56. The predicted molar refractivity (Wildman–Crippen MR) is 90.7 cm³/mol. The number of aliphatic hydroxyl groups excluding tert-OH is 1. The molecule has 3 aromatic rings. The Kier molecular flexibility index (Phi) is 4.88. The number of rotatable bonds is 4. The Balaban J connectivity index is 1.84. The molecule has 0 saturated carbocycles. The number of aromatic nitrogens is 2. The van der Waals surface area contributed by atoms with Crippen molar-refractivity contribution in [2.75, 3.05) is 5.32 Å². The lowest BCUT2D eigenvalue weighted by Gasteiger charge is -2.12. The van der Waals surface area contributed by atoms with E-state index in [0.717, 1.165) is 12.1 Å². The molecule has 136 valence electrons. The Morgan fingerprint density at radius 1 is 1.23 bits per heavy atom. The normalized spacial score (nSPS) is 11.7. The monoisotopic (exact) mass is 383 g/mol. The third kappa shape index (κ3) is 3.66. The highest BCUT2D eigenvalue weighted by molar-refractivity contribution is 6.31. The maximum absolute atomic E-state index is 12.9. The molecule has 0 bridgehead atoms. The maximum Gasteiger partial charge on any atom is 0.417 e. The first-order valence-electron chi connectivity index (χ1n) is 7.51. The van der Waals surface area contributed by atoms with Crippen LogP contribution in [0.5, 0.6) is 0 Å². The quantitative estimate of drug-likeness (QED) is 0.719. The molecule has 2 N–H and O–H groups in total. The molecule has 5 nitrogen and oxygen atoms in total. The summed E-state index contributed by atoms with van der Waals surface area (Å²) in [5.41, 5.74) is 0.191. The number of amides is 1. The van der Waals surface area contributed by atoms with Crippen molar-refractivity contribution >= 4 is 34.2 Å². The van der Waals surface area contributed by atoms with Crippen LogP contribution in [0.4, 0.5) is 18.9 Å². The molecule has 0 unspecified atom stereocenters. The second-order valence-electron chi connectivity index (χ2n) is 5.50. The van der Waals surface area contributed by atoms with Crippen molar-refractivity contribution in [1.29, 1.82) is 0 Å². The lowest BCUT2D eigenvalue weighted by molar-refractivity contribution is -0.137. The van der Waals surface area contributed by atoms with Crippen LogP contribution in [0.3, 0.4) is 0 Å². The standard InChI is InChI=1S/C17H13ClF3N3O2/c18-12-6-5-10(7-11(12)17(19,20)21)22-16(26)8-24-14-4-2-1-3-13(14)23-15(24)9-25/h1-7,25H,8-9H2,(H,22,26). The van der Waals surface area contributed by atoms with E-state index in [0.29, 0.717) is 11.0 Å². The van der Waals surface area contributed by atoms with Gasteiger partial charge in [-0.25, -0.2) is 4.98 Å². The molecule has 0 saturated heterocycles. The summed E-state index contributed by atoms with van der Waals surface area (Å²) < 4.78 is 40.2. The van der Waals surface area contributed by atoms with Crippen LogP contribution in [0, 0.1) is 0 Å². The third-order valence-corrected chi connectivity index (χ3v) is 4.06. The fraction of sp³-hybridized carbons (Fsp3) is 0.176. The van der Waals surface area contributed by atoms with Gasteiger partial charge in [-0.15, -0.1) is 0 Å². The van der Waals surface area contributed by atoms with Crippen LogP contribution in [0.2, 0.25) is 5.02 Å². The smallest absolute Gasteiger partial charge is 0.388 e. The lowest BCUT2D eigenvalue weighted by Crippen LogP contribution is -2.20. The first kappa shape index (κ1) is 18.2. The van der Waals surface area contributed by atoms with Crippen molar-refractivity contribution < 1.29 is 23.1 Å². The Labute approximate surface area is 151 Å². The summed E-state index contributed by atoms with van der Waals surface area (Å²) in [6.07, 6.45) is -4.62. The Morgan fingerprint density at radius 2 is 1.96 bits per heavy atom. The van der Waals surface area contributed by atoms with Crippen molar-refractivity contribution in [1.82, 2.24) is 9.55 Å². The average Bonchev–Trinajstić information content (AvgIpc) is 2.93. The summed E-state index contributed by atoms with van der Waals surface area (Å²) in [6.45, 7) is -0.582. The molecular weight excluding hydrogens is 371 g/mol.